The molecule has 2 aromatic rings. The fourth-order valence-electron chi connectivity index (χ4n) is 3.04. The van der Waals surface area contributed by atoms with Gasteiger partial charge in [0.1, 0.15) is 11.5 Å². The molecular weight excluding hydrogens is 478 g/mol. The van der Waals surface area contributed by atoms with Crippen LogP contribution in [0.2, 0.25) is 0 Å². The lowest BCUT2D eigenvalue weighted by molar-refractivity contribution is -0.274. The van der Waals surface area contributed by atoms with Crippen molar-refractivity contribution in [1.29, 1.82) is 0 Å². The Bertz CT molecular complexity index is 889. The third-order valence-corrected chi connectivity index (χ3v) is 4.67. The monoisotopic (exact) mass is 501 g/mol. The predicted octanol–water partition coefficient (Wildman–Crippen LogP) is 6.55. The zero-order valence-corrected chi connectivity index (χ0v) is 18.0. The van der Waals surface area contributed by atoms with Crippen LogP contribution in [0.25, 0.3) is 0 Å². The second kappa shape index (κ2) is 12.2. The fourth-order valence-corrected chi connectivity index (χ4v) is 3.04. The molecule has 0 aliphatic carbocycles. The van der Waals surface area contributed by atoms with Crippen molar-refractivity contribution in [3.8, 4) is 11.5 Å². The normalized spacial score (nSPS) is 13.4. The molecule has 0 fully saturated rings. The van der Waals surface area contributed by atoms with Crippen LogP contribution in [0.3, 0.4) is 0 Å². The van der Waals surface area contributed by atoms with Crippen molar-refractivity contribution in [2.75, 3.05) is 13.6 Å². The molecule has 0 aliphatic rings. The van der Waals surface area contributed by atoms with Crippen LogP contribution in [0.4, 0.5) is 35.1 Å². The minimum Gasteiger partial charge on any atom is -0.464 e. The molecule has 12 heteroatoms. The van der Waals surface area contributed by atoms with Gasteiger partial charge in [-0.1, -0.05) is 30.3 Å². The van der Waals surface area contributed by atoms with Gasteiger partial charge < -0.3 is 9.47 Å². The van der Waals surface area contributed by atoms with Gasteiger partial charge >= 0.3 is 19.3 Å². The molecule has 0 bridgehead atoms. The van der Waals surface area contributed by atoms with Crippen LogP contribution >= 0.6 is 0 Å². The van der Waals surface area contributed by atoms with Gasteiger partial charge in [0.15, 0.2) is 0 Å². The van der Waals surface area contributed by atoms with E-state index in [4.69, 9.17) is 4.74 Å². The second-order valence-corrected chi connectivity index (χ2v) is 7.28. The Morgan fingerprint density at radius 2 is 1.62 bits per heavy atom. The third-order valence-electron chi connectivity index (χ3n) is 4.67. The van der Waals surface area contributed by atoms with Crippen molar-refractivity contribution < 1.29 is 49.3 Å². The maximum Gasteiger partial charge on any atom is 0.573 e. The second-order valence-electron chi connectivity index (χ2n) is 7.28. The smallest absolute Gasteiger partial charge is 0.464 e. The van der Waals surface area contributed by atoms with Crippen LogP contribution < -0.4 is 9.47 Å². The fraction of sp³-hybridized carbons (Fsp3) is 0.455. The zero-order valence-electron chi connectivity index (χ0n) is 18.0. The molecule has 0 aliphatic heterocycles. The van der Waals surface area contributed by atoms with E-state index in [0.29, 0.717) is 11.1 Å². The molecule has 34 heavy (non-hydrogen) atoms. The molecule has 2 rings (SSSR count). The molecule has 0 saturated carbocycles. The Hall–Kier alpha value is -2.60. The Morgan fingerprint density at radius 3 is 2.26 bits per heavy atom. The van der Waals surface area contributed by atoms with Crippen molar-refractivity contribution in [3.05, 3.63) is 59.7 Å². The van der Waals surface area contributed by atoms with Crippen molar-refractivity contribution in [1.82, 2.24) is 4.90 Å². The number of halogens is 8. The standard InChI is InChI=1S/C22H23F8NO3/c1-31(21(25,26)27)13-5-10-19(33-20(23)24)32-18-9-3-2-7-16(18)12-11-15-6-4-8-17(14-15)34-22(28,29)30/h2-4,6-9,14,19-20H,5,10-13H2,1H3/t19-/m0/s1. The average molecular weight is 501 g/mol. The summed E-state index contributed by atoms with van der Waals surface area (Å²) in [5.74, 6) is -0.191. The summed E-state index contributed by atoms with van der Waals surface area (Å²) < 4.78 is 114. The highest BCUT2D eigenvalue weighted by molar-refractivity contribution is 5.35. The zero-order chi connectivity index (χ0) is 25.4. The maximum atomic E-state index is 12.8. The molecule has 2 aromatic carbocycles. The van der Waals surface area contributed by atoms with Crippen molar-refractivity contribution in [3.63, 3.8) is 0 Å². The van der Waals surface area contributed by atoms with Gasteiger partial charge in [0.25, 0.3) is 0 Å². The predicted molar refractivity (Wildman–Crippen MR) is 106 cm³/mol. The van der Waals surface area contributed by atoms with Gasteiger partial charge in [-0.15, -0.1) is 13.2 Å². The molecule has 190 valence electrons. The maximum absolute atomic E-state index is 12.8. The number of alkyl halides is 8. The van der Waals surface area contributed by atoms with Gasteiger partial charge in [-0.05, 0) is 55.6 Å². The molecule has 0 amide bonds. The molecule has 1 atom stereocenters. The first-order valence-corrected chi connectivity index (χ1v) is 10.1. The summed E-state index contributed by atoms with van der Waals surface area (Å²) in [5, 5.41) is 0. The molecule has 0 saturated heterocycles. The average Bonchev–Trinajstić information content (AvgIpc) is 2.71. The minimum atomic E-state index is -4.83. The highest BCUT2D eigenvalue weighted by atomic mass is 19.4. The van der Waals surface area contributed by atoms with Crippen LogP contribution in [0.1, 0.15) is 24.0 Å². The van der Waals surface area contributed by atoms with E-state index in [-0.39, 0.29) is 42.1 Å². The Morgan fingerprint density at radius 1 is 0.912 bits per heavy atom. The van der Waals surface area contributed by atoms with Crippen LogP contribution in [-0.2, 0) is 17.6 Å². The van der Waals surface area contributed by atoms with E-state index in [1.165, 1.54) is 18.2 Å². The summed E-state index contributed by atoms with van der Waals surface area (Å²) in [5.41, 5.74) is 1.09. The number of benzene rings is 2. The lowest BCUT2D eigenvalue weighted by Crippen LogP contribution is -2.35. The number of nitrogens with zero attached hydrogens (tertiary/aromatic N) is 1. The minimum absolute atomic E-state index is 0.122. The largest absolute Gasteiger partial charge is 0.573 e. The summed E-state index contributed by atoms with van der Waals surface area (Å²) in [4.78, 5) is 0.122. The lowest BCUT2D eigenvalue weighted by Gasteiger charge is -2.23. The van der Waals surface area contributed by atoms with Gasteiger partial charge in [-0.2, -0.15) is 22.0 Å². The van der Waals surface area contributed by atoms with E-state index in [2.05, 4.69) is 9.47 Å². The summed E-state index contributed by atoms with van der Waals surface area (Å²) >= 11 is 0. The Labute approximate surface area is 191 Å². The third kappa shape index (κ3) is 10.1. The SMILES string of the molecule is CN(CCC[C@@H](Oc1ccccc1CCc1cccc(OC(F)(F)F)c1)OC(F)F)C(F)(F)F. The number of rotatable bonds is 12. The van der Waals surface area contributed by atoms with Crippen LogP contribution in [0, 0.1) is 0 Å². The van der Waals surface area contributed by atoms with Crippen molar-refractivity contribution in [2.45, 2.75) is 51.2 Å². The van der Waals surface area contributed by atoms with E-state index in [1.54, 1.807) is 24.3 Å². The molecule has 0 unspecified atom stereocenters. The van der Waals surface area contributed by atoms with E-state index in [1.807, 2.05) is 0 Å². The summed E-state index contributed by atoms with van der Waals surface area (Å²) in [6.07, 6.45) is -10.7. The van der Waals surface area contributed by atoms with Crippen LogP contribution in [-0.4, -0.2) is 44.1 Å². The molecule has 0 heterocycles. The molecule has 0 radical (unpaired) electrons. The summed E-state index contributed by atoms with van der Waals surface area (Å²) in [6.45, 7) is -3.64. The van der Waals surface area contributed by atoms with Gasteiger partial charge in [0.05, 0.1) is 0 Å². The molecule has 0 N–H and O–H groups in total. The van der Waals surface area contributed by atoms with Crippen LogP contribution in [0.15, 0.2) is 48.5 Å². The van der Waals surface area contributed by atoms with Crippen LogP contribution in [0.5, 0.6) is 11.5 Å². The number of aryl methyl sites for hydroxylation is 2. The molecule has 0 spiro atoms. The van der Waals surface area contributed by atoms with E-state index in [9.17, 15) is 35.1 Å². The van der Waals surface area contributed by atoms with Gasteiger partial charge in [0.2, 0.25) is 6.29 Å². The highest BCUT2D eigenvalue weighted by Gasteiger charge is 2.33. The molecular formula is C22H23F8NO3. The van der Waals surface area contributed by atoms with Gasteiger partial charge in [0, 0.05) is 13.0 Å². The van der Waals surface area contributed by atoms with E-state index in [0.717, 1.165) is 13.1 Å². The lowest BCUT2D eigenvalue weighted by atomic mass is 10.0. The van der Waals surface area contributed by atoms with E-state index < -0.39 is 32.1 Å². The van der Waals surface area contributed by atoms with E-state index >= 15 is 0 Å². The first kappa shape index (κ1) is 27.6. The molecule has 4 nitrogen and oxygen atoms in total. The topological polar surface area (TPSA) is 30.9 Å². The summed E-state index contributed by atoms with van der Waals surface area (Å²) in [6, 6.07) is 11.8. The molecule has 0 aromatic heterocycles. The number of para-hydroxylation sites is 1. The first-order valence-electron chi connectivity index (χ1n) is 10.1. The number of ether oxygens (including phenoxy) is 3. The highest BCUT2D eigenvalue weighted by Crippen LogP contribution is 2.27. The van der Waals surface area contributed by atoms with Gasteiger partial charge in [-0.25, -0.2) is 4.90 Å². The Balaban J connectivity index is 2.03. The Kier molecular flexibility index (Phi) is 9.92. The van der Waals surface area contributed by atoms with Gasteiger partial charge in [-0.3, -0.25) is 4.74 Å². The number of hydrogen-bond acceptors (Lipinski definition) is 4. The van der Waals surface area contributed by atoms with Crippen molar-refractivity contribution in [2.24, 2.45) is 0 Å². The number of hydrogen-bond donors (Lipinski definition) is 0. The first-order chi connectivity index (χ1) is 15.8. The summed E-state index contributed by atoms with van der Waals surface area (Å²) in [7, 11) is 0.841. The quantitative estimate of drug-likeness (QED) is 0.188. The van der Waals surface area contributed by atoms with Crippen molar-refractivity contribution >= 4 is 0 Å².